The first-order chi connectivity index (χ1) is 7.54. The molecule has 0 amide bonds. The van der Waals surface area contributed by atoms with Crippen LogP contribution in [0.1, 0.15) is 12.5 Å². The highest BCUT2D eigenvalue weighted by atomic mass is 19.1. The van der Waals surface area contributed by atoms with Crippen LogP contribution >= 0.6 is 0 Å². The van der Waals surface area contributed by atoms with Crippen LogP contribution in [0.2, 0.25) is 0 Å². The fourth-order valence-electron chi connectivity index (χ4n) is 1.36. The summed E-state index contributed by atoms with van der Waals surface area (Å²) in [5.74, 6) is -1.91. The van der Waals surface area contributed by atoms with Crippen molar-refractivity contribution >= 4 is 0 Å². The zero-order chi connectivity index (χ0) is 12.1. The molecule has 0 radical (unpaired) electrons. The second kappa shape index (κ2) is 5.77. The molecule has 0 fully saturated rings. The highest BCUT2D eigenvalue weighted by Gasteiger charge is 2.13. The standard InChI is InChI=1S/C11H15F2NO2/c1-7(14)3-8-4-9(12)11(10(13)5-8)16-6-15-2/h4-5,7H,3,6,14H2,1-2H3. The van der Waals surface area contributed by atoms with Crippen molar-refractivity contribution in [2.24, 2.45) is 5.73 Å². The Morgan fingerprint density at radius 2 is 1.88 bits per heavy atom. The molecule has 5 heteroatoms. The normalized spacial score (nSPS) is 12.6. The van der Waals surface area contributed by atoms with Gasteiger partial charge in [-0.15, -0.1) is 0 Å². The number of methoxy groups -OCH3 is 1. The van der Waals surface area contributed by atoms with Gasteiger partial charge >= 0.3 is 0 Å². The number of hydrogen-bond acceptors (Lipinski definition) is 3. The molecule has 3 nitrogen and oxygen atoms in total. The molecule has 0 spiro atoms. The summed E-state index contributed by atoms with van der Waals surface area (Å²) in [5.41, 5.74) is 6.06. The maximum absolute atomic E-state index is 13.4. The molecule has 0 aliphatic carbocycles. The van der Waals surface area contributed by atoms with Gasteiger partial charge in [-0.3, -0.25) is 0 Å². The summed E-state index contributed by atoms with van der Waals surface area (Å²) in [6.07, 6.45) is 0.415. The van der Waals surface area contributed by atoms with Crippen molar-refractivity contribution < 1.29 is 18.3 Å². The lowest BCUT2D eigenvalue weighted by Gasteiger charge is -2.10. The third-order valence-electron chi connectivity index (χ3n) is 1.94. The summed E-state index contributed by atoms with van der Waals surface area (Å²) in [6.45, 7) is 1.58. The number of halogens is 2. The van der Waals surface area contributed by atoms with Crippen LogP contribution in [-0.2, 0) is 11.2 Å². The summed E-state index contributed by atoms with van der Waals surface area (Å²) < 4.78 is 36.2. The second-order valence-electron chi connectivity index (χ2n) is 3.62. The molecule has 0 heterocycles. The molecule has 0 aliphatic rings. The molecule has 16 heavy (non-hydrogen) atoms. The Morgan fingerprint density at radius 3 is 2.31 bits per heavy atom. The van der Waals surface area contributed by atoms with Crippen molar-refractivity contribution in [2.75, 3.05) is 13.9 Å². The lowest BCUT2D eigenvalue weighted by Crippen LogP contribution is -2.18. The van der Waals surface area contributed by atoms with E-state index in [4.69, 9.17) is 10.5 Å². The highest BCUT2D eigenvalue weighted by Crippen LogP contribution is 2.23. The van der Waals surface area contributed by atoms with E-state index < -0.39 is 17.4 Å². The fraction of sp³-hybridized carbons (Fsp3) is 0.455. The number of ether oxygens (including phenoxy) is 2. The first kappa shape index (κ1) is 12.9. The summed E-state index contributed by atoms with van der Waals surface area (Å²) in [5, 5.41) is 0. The third-order valence-corrected chi connectivity index (χ3v) is 1.94. The van der Waals surface area contributed by atoms with Gasteiger partial charge in [0, 0.05) is 13.2 Å². The van der Waals surface area contributed by atoms with Crippen LogP contribution in [0.3, 0.4) is 0 Å². The Hall–Kier alpha value is -1.20. The molecule has 90 valence electrons. The average Bonchev–Trinajstić information content (AvgIpc) is 2.15. The molecule has 0 aliphatic heterocycles. The first-order valence-corrected chi connectivity index (χ1v) is 4.89. The van der Waals surface area contributed by atoms with Gasteiger partial charge in [-0.25, -0.2) is 8.78 Å². The van der Waals surface area contributed by atoms with Crippen molar-refractivity contribution in [3.8, 4) is 5.75 Å². The van der Waals surface area contributed by atoms with Crippen LogP contribution in [0.15, 0.2) is 12.1 Å². The van der Waals surface area contributed by atoms with Gasteiger partial charge in [-0.2, -0.15) is 0 Å². The number of rotatable bonds is 5. The minimum atomic E-state index is -0.743. The number of nitrogens with two attached hydrogens (primary N) is 1. The summed E-state index contributed by atoms with van der Waals surface area (Å²) in [7, 11) is 1.38. The zero-order valence-corrected chi connectivity index (χ0v) is 9.30. The van der Waals surface area contributed by atoms with Crippen LogP contribution in [0.5, 0.6) is 5.75 Å². The highest BCUT2D eigenvalue weighted by molar-refractivity contribution is 5.31. The summed E-state index contributed by atoms with van der Waals surface area (Å²) >= 11 is 0. The molecule has 0 saturated carbocycles. The average molecular weight is 231 g/mol. The molecule has 1 aromatic carbocycles. The van der Waals surface area contributed by atoms with Crippen LogP contribution in [0, 0.1) is 11.6 Å². The molecule has 1 rings (SSSR count). The van der Waals surface area contributed by atoms with E-state index in [0.717, 1.165) is 0 Å². The predicted octanol–water partition coefficient (Wildman–Crippen LogP) is 1.84. The van der Waals surface area contributed by atoms with E-state index in [0.29, 0.717) is 12.0 Å². The maximum atomic E-state index is 13.4. The monoisotopic (exact) mass is 231 g/mol. The van der Waals surface area contributed by atoms with Gasteiger partial charge in [0.25, 0.3) is 0 Å². The third kappa shape index (κ3) is 3.43. The minimum absolute atomic E-state index is 0.149. The number of hydrogen-bond donors (Lipinski definition) is 1. The molecule has 1 unspecified atom stereocenters. The molecule has 2 N–H and O–H groups in total. The predicted molar refractivity (Wildman–Crippen MR) is 56.2 cm³/mol. The van der Waals surface area contributed by atoms with E-state index in [1.54, 1.807) is 6.92 Å². The topological polar surface area (TPSA) is 44.5 Å². The quantitative estimate of drug-likeness (QED) is 0.786. The van der Waals surface area contributed by atoms with E-state index in [-0.39, 0.29) is 12.8 Å². The Kier molecular flexibility index (Phi) is 4.64. The first-order valence-electron chi connectivity index (χ1n) is 4.89. The Balaban J connectivity index is 2.89. The molecular weight excluding hydrogens is 216 g/mol. The van der Waals surface area contributed by atoms with Gasteiger partial charge in [-0.1, -0.05) is 0 Å². The lowest BCUT2D eigenvalue weighted by atomic mass is 10.1. The zero-order valence-electron chi connectivity index (χ0n) is 9.30. The van der Waals surface area contributed by atoms with Crippen LogP contribution in [-0.4, -0.2) is 19.9 Å². The molecule has 1 atom stereocenters. The van der Waals surface area contributed by atoms with Gasteiger partial charge in [-0.05, 0) is 31.0 Å². The Morgan fingerprint density at radius 1 is 1.31 bits per heavy atom. The van der Waals surface area contributed by atoms with E-state index in [9.17, 15) is 8.78 Å². The SMILES string of the molecule is COCOc1c(F)cc(CC(C)N)cc1F. The van der Waals surface area contributed by atoms with Crippen molar-refractivity contribution in [1.82, 2.24) is 0 Å². The van der Waals surface area contributed by atoms with E-state index in [2.05, 4.69) is 4.74 Å². The molecule has 1 aromatic rings. The van der Waals surface area contributed by atoms with Gasteiger partial charge < -0.3 is 15.2 Å². The molecule has 0 aromatic heterocycles. The smallest absolute Gasteiger partial charge is 0.193 e. The van der Waals surface area contributed by atoms with E-state index in [1.165, 1.54) is 19.2 Å². The number of benzene rings is 1. The van der Waals surface area contributed by atoms with Crippen molar-refractivity contribution in [2.45, 2.75) is 19.4 Å². The molecule has 0 saturated heterocycles. The second-order valence-corrected chi connectivity index (χ2v) is 3.62. The fourth-order valence-corrected chi connectivity index (χ4v) is 1.36. The largest absolute Gasteiger partial charge is 0.461 e. The van der Waals surface area contributed by atoms with Gasteiger partial charge in [0.1, 0.15) is 0 Å². The van der Waals surface area contributed by atoms with Crippen molar-refractivity contribution in [3.05, 3.63) is 29.3 Å². The lowest BCUT2D eigenvalue weighted by molar-refractivity contribution is 0.0452. The molecule has 0 bridgehead atoms. The van der Waals surface area contributed by atoms with Gasteiger partial charge in [0.15, 0.2) is 24.2 Å². The van der Waals surface area contributed by atoms with Crippen molar-refractivity contribution in [3.63, 3.8) is 0 Å². The van der Waals surface area contributed by atoms with Gasteiger partial charge in [0.05, 0.1) is 0 Å². The summed E-state index contributed by atoms with van der Waals surface area (Å²) in [4.78, 5) is 0. The Labute approximate surface area is 93.2 Å². The Bertz CT molecular complexity index is 333. The van der Waals surface area contributed by atoms with Gasteiger partial charge in [0.2, 0.25) is 0 Å². The van der Waals surface area contributed by atoms with E-state index in [1.807, 2.05) is 0 Å². The van der Waals surface area contributed by atoms with E-state index >= 15 is 0 Å². The minimum Gasteiger partial charge on any atom is -0.461 e. The van der Waals surface area contributed by atoms with Crippen molar-refractivity contribution in [1.29, 1.82) is 0 Å². The van der Waals surface area contributed by atoms with Crippen LogP contribution in [0.25, 0.3) is 0 Å². The maximum Gasteiger partial charge on any atom is 0.193 e. The molecular formula is C11H15F2NO2. The summed E-state index contributed by atoms with van der Waals surface area (Å²) in [6, 6.07) is 2.29. The van der Waals surface area contributed by atoms with Crippen LogP contribution < -0.4 is 10.5 Å². The van der Waals surface area contributed by atoms with Crippen LogP contribution in [0.4, 0.5) is 8.78 Å².